The van der Waals surface area contributed by atoms with Gasteiger partial charge in [0.15, 0.2) is 0 Å². The van der Waals surface area contributed by atoms with Crippen LogP contribution in [0.1, 0.15) is 32.1 Å². The largest absolute Gasteiger partial charge is 0.373 e. The lowest BCUT2D eigenvalue weighted by atomic mass is 10.2. The molecule has 0 unspecified atom stereocenters. The third-order valence-electron chi connectivity index (χ3n) is 1.52. The third-order valence-corrected chi connectivity index (χ3v) is 1.52. The molecule has 0 aliphatic rings. The average molecular weight is 292 g/mol. The van der Waals surface area contributed by atoms with Crippen molar-refractivity contribution < 1.29 is 19.2 Å². The molecule has 0 saturated heterocycles. The van der Waals surface area contributed by atoms with Crippen molar-refractivity contribution >= 4 is 12.3 Å². The summed E-state index contributed by atoms with van der Waals surface area (Å²) in [5.41, 5.74) is 15.6. The predicted octanol–water partition coefficient (Wildman–Crippen LogP) is -0.0196. The van der Waals surface area contributed by atoms with Crippen LogP contribution >= 0.6 is 0 Å². The van der Waals surface area contributed by atoms with Crippen LogP contribution in [0.2, 0.25) is 0 Å². The number of hydrogen-bond acceptors (Lipinski definition) is 8. The lowest BCUT2D eigenvalue weighted by Gasteiger charge is -1.91. The van der Waals surface area contributed by atoms with Gasteiger partial charge >= 0.3 is 12.3 Å². The molecule has 0 bridgehead atoms. The minimum atomic E-state index is 0. The maximum absolute atomic E-state index is 8.12. The van der Waals surface area contributed by atoms with E-state index < -0.39 is 0 Å². The highest BCUT2D eigenvalue weighted by molar-refractivity contribution is 5.20. The molecule has 0 aromatic heterocycles. The van der Waals surface area contributed by atoms with Crippen LogP contribution in [0.4, 0.5) is 0 Å². The second-order valence-corrected chi connectivity index (χ2v) is 3.02. The molecule has 0 atom stereocenters. The van der Waals surface area contributed by atoms with Crippen molar-refractivity contribution in [2.24, 2.45) is 17.2 Å². The number of hydrogen-bond donors (Lipinski definition) is 4. The Morgan fingerprint density at radius 2 is 1.05 bits per heavy atom. The molecule has 0 amide bonds. The van der Waals surface area contributed by atoms with Crippen molar-refractivity contribution in [2.45, 2.75) is 32.1 Å². The van der Waals surface area contributed by atoms with Gasteiger partial charge in [0.2, 0.25) is 0 Å². The summed E-state index contributed by atoms with van der Waals surface area (Å²) < 4.78 is 0. The molecule has 0 heterocycles. The highest BCUT2D eigenvalue weighted by Crippen LogP contribution is 1.88. The van der Waals surface area contributed by atoms with E-state index in [1.54, 1.807) is 0 Å². The summed E-state index contributed by atoms with van der Waals surface area (Å²) in [7, 11) is 0. The summed E-state index contributed by atoms with van der Waals surface area (Å²) in [6, 6.07) is 0. The fraction of sp³-hybridized carbons (Fsp3) is 0.667. The van der Waals surface area contributed by atoms with Gasteiger partial charge in [-0.1, -0.05) is 12.5 Å². The van der Waals surface area contributed by atoms with E-state index in [1.165, 1.54) is 6.42 Å². The number of rotatable bonds is 7. The van der Waals surface area contributed by atoms with Crippen LogP contribution in [-0.4, -0.2) is 31.9 Å². The second kappa shape index (κ2) is 53.1. The first kappa shape index (κ1) is 31.0. The number of unbranched alkanes of at least 4 members (excludes halogenated alkanes) is 3. The van der Waals surface area contributed by atoms with E-state index in [0.717, 1.165) is 45.3 Å². The van der Waals surface area contributed by atoms with Gasteiger partial charge in [-0.15, -0.1) is 6.58 Å². The van der Waals surface area contributed by atoms with Crippen molar-refractivity contribution in [3.8, 4) is 0 Å². The van der Waals surface area contributed by atoms with Gasteiger partial charge < -0.3 is 23.4 Å². The molecule has 0 rings (SSSR count). The van der Waals surface area contributed by atoms with E-state index in [9.17, 15) is 0 Å². The van der Waals surface area contributed by atoms with E-state index in [2.05, 4.69) is 6.58 Å². The highest BCUT2D eigenvalue weighted by atomic mass is 16.2. The number of carbonyl (C=O) groups excluding carboxylic acids is 4. The smallest absolute Gasteiger partial charge is 0.344 e. The summed E-state index contributed by atoms with van der Waals surface area (Å²) in [6.07, 6.45) is 7.94. The summed E-state index contributed by atoms with van der Waals surface area (Å²) in [6.45, 7) is 5.94. The Hall–Kier alpha value is -1.66. The van der Waals surface area contributed by atoms with Gasteiger partial charge in [0.1, 0.15) is 0 Å². The Kier molecular flexibility index (Phi) is 82.2. The lowest BCUT2D eigenvalue weighted by Crippen LogP contribution is -2.02. The molecule has 0 radical (unpaired) electrons. The van der Waals surface area contributed by atoms with Crippen LogP contribution in [0.15, 0.2) is 12.7 Å². The molecular weight excluding hydrogens is 264 g/mol. The van der Waals surface area contributed by atoms with Gasteiger partial charge in [0.05, 0.1) is 0 Å². The predicted molar refractivity (Wildman–Crippen MR) is 75.5 cm³/mol. The van der Waals surface area contributed by atoms with E-state index in [0.29, 0.717) is 0 Å². The first-order chi connectivity index (χ1) is 9.16. The monoisotopic (exact) mass is 292 g/mol. The summed E-state index contributed by atoms with van der Waals surface area (Å²) in [4.78, 5) is 32.5. The van der Waals surface area contributed by atoms with Gasteiger partial charge in [0.25, 0.3) is 0 Å². The topological polar surface area (TPSA) is 181 Å². The van der Waals surface area contributed by atoms with Gasteiger partial charge in [0, 0.05) is 0 Å². The molecule has 9 N–H and O–H groups in total. The van der Waals surface area contributed by atoms with E-state index in [-0.39, 0.29) is 18.5 Å². The van der Waals surface area contributed by atoms with Gasteiger partial charge in [-0.2, -0.15) is 19.2 Å². The minimum Gasteiger partial charge on any atom is -0.344 e. The van der Waals surface area contributed by atoms with Crippen LogP contribution < -0.4 is 23.4 Å². The minimum absolute atomic E-state index is 0. The molecule has 0 aromatic rings. The third kappa shape index (κ3) is 135. The zero-order chi connectivity index (χ0) is 15.8. The first-order valence-electron chi connectivity index (χ1n) is 5.86. The van der Waals surface area contributed by atoms with Crippen molar-refractivity contribution in [2.75, 3.05) is 19.6 Å². The number of nitrogens with two attached hydrogens (primary N) is 3. The molecule has 20 heavy (non-hydrogen) atoms. The quantitative estimate of drug-likeness (QED) is 0.372. The van der Waals surface area contributed by atoms with E-state index in [1.807, 2.05) is 6.08 Å². The molecule has 0 fully saturated rings. The van der Waals surface area contributed by atoms with Gasteiger partial charge in [-0.25, -0.2) is 0 Å². The highest BCUT2D eigenvalue weighted by Gasteiger charge is 1.80. The summed E-state index contributed by atoms with van der Waals surface area (Å²) in [5, 5.41) is 0. The standard InChI is InChI=1S/C5H14N2.C5H11N.2CO2.H3N/c6-4-2-1-3-5-7;1-2-3-4-5-6;2*2-1-3;/h1-7H2;2H,1,3-6H2;;;1H3. The Morgan fingerprint density at radius 1 is 0.750 bits per heavy atom. The number of allylic oxidation sites excluding steroid dienone is 1. The summed E-state index contributed by atoms with van der Waals surface area (Å²) in [5.74, 6) is 0. The molecule has 120 valence electrons. The Balaban J connectivity index is -0.0000000527. The van der Waals surface area contributed by atoms with Crippen molar-refractivity contribution in [1.82, 2.24) is 6.15 Å². The van der Waals surface area contributed by atoms with Crippen molar-refractivity contribution in [3.05, 3.63) is 12.7 Å². The Bertz CT molecular complexity index is 198. The molecule has 0 spiro atoms. The van der Waals surface area contributed by atoms with Crippen molar-refractivity contribution in [3.63, 3.8) is 0 Å². The molecule has 8 nitrogen and oxygen atoms in total. The van der Waals surface area contributed by atoms with Gasteiger partial charge in [-0.05, 0) is 45.3 Å². The second-order valence-electron chi connectivity index (χ2n) is 3.02. The maximum Gasteiger partial charge on any atom is 0.373 e. The first-order valence-corrected chi connectivity index (χ1v) is 5.86. The zero-order valence-electron chi connectivity index (χ0n) is 12.0. The molecular formula is C12H28N4O4. The molecule has 8 heteroatoms. The fourth-order valence-electron chi connectivity index (χ4n) is 0.728. The van der Waals surface area contributed by atoms with E-state index >= 15 is 0 Å². The Labute approximate surface area is 120 Å². The molecule has 0 aliphatic heterocycles. The van der Waals surface area contributed by atoms with Crippen LogP contribution in [0.25, 0.3) is 0 Å². The molecule has 0 aromatic carbocycles. The summed E-state index contributed by atoms with van der Waals surface area (Å²) >= 11 is 0. The molecule has 0 aliphatic carbocycles. The van der Waals surface area contributed by atoms with Gasteiger partial charge in [-0.3, -0.25) is 0 Å². The average Bonchev–Trinajstić information content (AvgIpc) is 2.40. The van der Waals surface area contributed by atoms with Crippen LogP contribution in [0.3, 0.4) is 0 Å². The lowest BCUT2D eigenvalue weighted by molar-refractivity contribution is -0.193. The van der Waals surface area contributed by atoms with Crippen LogP contribution in [0.5, 0.6) is 0 Å². The maximum atomic E-state index is 8.12. The Morgan fingerprint density at radius 3 is 1.20 bits per heavy atom. The van der Waals surface area contributed by atoms with Crippen LogP contribution in [-0.2, 0) is 19.2 Å². The normalized spacial score (nSPS) is 6.55. The van der Waals surface area contributed by atoms with E-state index in [4.69, 9.17) is 36.4 Å². The zero-order valence-corrected chi connectivity index (χ0v) is 12.0. The molecule has 0 saturated carbocycles. The fourth-order valence-corrected chi connectivity index (χ4v) is 0.728. The van der Waals surface area contributed by atoms with Crippen molar-refractivity contribution in [1.29, 1.82) is 0 Å². The van der Waals surface area contributed by atoms with Crippen LogP contribution in [0, 0.1) is 0 Å². The SMILES string of the molecule is C=CCCCN.N.NCCCCCN.O=C=O.O=C=O.